The van der Waals surface area contributed by atoms with Crippen LogP contribution < -0.4 is 4.72 Å². The van der Waals surface area contributed by atoms with E-state index in [1.54, 1.807) is 4.72 Å². The molecular formula is C5H10N2O3SY-2. The van der Waals surface area contributed by atoms with E-state index in [9.17, 15) is 13.2 Å². The Morgan fingerprint density at radius 3 is 2.17 bits per heavy atom. The van der Waals surface area contributed by atoms with Crippen molar-refractivity contribution in [3.8, 4) is 0 Å². The van der Waals surface area contributed by atoms with Crippen molar-refractivity contribution in [3.05, 3.63) is 11.6 Å². The van der Waals surface area contributed by atoms with Crippen molar-refractivity contribution < 1.29 is 45.9 Å². The minimum atomic E-state index is -3.57. The van der Waals surface area contributed by atoms with E-state index in [1.807, 2.05) is 6.92 Å². The van der Waals surface area contributed by atoms with E-state index < -0.39 is 16.1 Å². The van der Waals surface area contributed by atoms with Gasteiger partial charge in [0.05, 0.1) is 0 Å². The number of rotatable bonds is 0. The SMILES string of the molecule is O=C1C[N-]S(=O)(=O)N1.[CH2-]CC.[Y]. The Balaban J connectivity index is 0. The van der Waals surface area contributed by atoms with Crippen molar-refractivity contribution in [3.63, 3.8) is 0 Å². The predicted molar refractivity (Wildman–Crippen MR) is 40.9 cm³/mol. The molecule has 7 heteroatoms. The van der Waals surface area contributed by atoms with Gasteiger partial charge < -0.3 is 11.6 Å². The second-order valence-corrected chi connectivity index (χ2v) is 3.20. The molecule has 1 aliphatic rings. The summed E-state index contributed by atoms with van der Waals surface area (Å²) in [6, 6.07) is 0. The third-order valence-electron chi connectivity index (χ3n) is 0.621. The molecule has 1 aliphatic heterocycles. The van der Waals surface area contributed by atoms with Gasteiger partial charge in [0.1, 0.15) is 0 Å². The molecule has 0 saturated carbocycles. The Labute approximate surface area is 97.7 Å². The first-order valence-electron chi connectivity index (χ1n) is 3.05. The maximum absolute atomic E-state index is 10.1. The number of hydrogen-bond donors (Lipinski definition) is 1. The van der Waals surface area contributed by atoms with E-state index in [-0.39, 0.29) is 39.3 Å². The smallest absolute Gasteiger partial charge is 0.212 e. The first kappa shape index (κ1) is 15.0. The van der Waals surface area contributed by atoms with Crippen LogP contribution in [-0.4, -0.2) is 20.9 Å². The molecule has 1 heterocycles. The van der Waals surface area contributed by atoms with Crippen LogP contribution in [0.3, 0.4) is 0 Å². The maximum atomic E-state index is 10.1. The van der Waals surface area contributed by atoms with Crippen LogP contribution in [0, 0.1) is 6.92 Å². The molecule has 1 N–H and O–H groups in total. The van der Waals surface area contributed by atoms with Crippen LogP contribution in [0.15, 0.2) is 0 Å². The monoisotopic (exact) mass is 267 g/mol. The molecule has 0 aromatic heterocycles. The van der Waals surface area contributed by atoms with Crippen LogP contribution in [0.4, 0.5) is 0 Å². The van der Waals surface area contributed by atoms with Gasteiger partial charge in [-0.25, -0.2) is 8.42 Å². The summed E-state index contributed by atoms with van der Waals surface area (Å²) in [5.41, 5.74) is 0. The molecular weight excluding hydrogens is 257 g/mol. The van der Waals surface area contributed by atoms with E-state index in [1.165, 1.54) is 0 Å². The third-order valence-corrected chi connectivity index (χ3v) is 1.58. The molecule has 0 unspecified atom stereocenters. The summed E-state index contributed by atoms with van der Waals surface area (Å²) in [5, 5.41) is 0. The van der Waals surface area contributed by atoms with E-state index in [4.69, 9.17) is 0 Å². The van der Waals surface area contributed by atoms with Gasteiger partial charge in [-0.05, 0) is 0 Å². The van der Waals surface area contributed by atoms with Crippen LogP contribution in [0.1, 0.15) is 13.3 Å². The molecule has 0 aliphatic carbocycles. The summed E-state index contributed by atoms with van der Waals surface area (Å²) < 4.78 is 24.9. The zero-order valence-corrected chi connectivity index (χ0v) is 10.4. The Hall–Kier alpha value is 0.484. The van der Waals surface area contributed by atoms with Crippen molar-refractivity contribution in [1.29, 1.82) is 0 Å². The third kappa shape index (κ3) is 7.15. The van der Waals surface area contributed by atoms with Crippen LogP contribution in [0.2, 0.25) is 0 Å². The fourth-order valence-corrected chi connectivity index (χ4v) is 1.06. The molecule has 0 bridgehead atoms. The molecule has 1 fully saturated rings. The first-order chi connectivity index (χ1) is 5.02. The normalized spacial score (nSPS) is 18.3. The standard InChI is InChI=1S/C3H7.C2H3N2O3S.Y/c1-3-2;5-2-1-3-8(6,7)4-2;/h1,3H2,2H3;1H2,(H,4,5);/q2*-1;. The van der Waals surface area contributed by atoms with Crippen molar-refractivity contribution in [2.45, 2.75) is 13.3 Å². The van der Waals surface area contributed by atoms with Gasteiger partial charge in [-0.2, -0.15) is 6.42 Å². The summed E-state index contributed by atoms with van der Waals surface area (Å²) in [7, 11) is -3.57. The molecule has 1 radical (unpaired) electrons. The van der Waals surface area contributed by atoms with E-state index in [0.717, 1.165) is 6.42 Å². The largest absolute Gasteiger partial charge is 0.523 e. The predicted octanol–water partition coefficient (Wildman–Crippen LogP) is -0.0373. The van der Waals surface area contributed by atoms with Gasteiger partial charge in [-0.3, -0.25) is 9.52 Å². The summed E-state index contributed by atoms with van der Waals surface area (Å²) in [6.07, 6.45) is 1.00. The second kappa shape index (κ2) is 6.94. The molecule has 0 aromatic carbocycles. The van der Waals surface area contributed by atoms with Gasteiger partial charge >= 0.3 is 0 Å². The number of nitrogens with zero attached hydrogens (tertiary/aromatic N) is 1. The topological polar surface area (TPSA) is 77.3 Å². The van der Waals surface area contributed by atoms with Gasteiger partial charge in [0.15, 0.2) is 10.2 Å². The number of carbonyl (C=O) groups is 1. The van der Waals surface area contributed by atoms with Gasteiger partial charge in [0, 0.05) is 32.7 Å². The summed E-state index contributed by atoms with van der Waals surface area (Å²) in [6.45, 7) is 5.24. The molecule has 5 nitrogen and oxygen atoms in total. The van der Waals surface area contributed by atoms with Crippen LogP contribution in [0.5, 0.6) is 0 Å². The average molecular weight is 267 g/mol. The van der Waals surface area contributed by atoms with Gasteiger partial charge in [0.25, 0.3) is 0 Å². The summed E-state index contributed by atoms with van der Waals surface area (Å²) in [5.74, 6) is -0.565. The molecule has 1 saturated heterocycles. The van der Waals surface area contributed by atoms with E-state index in [0.29, 0.717) is 0 Å². The summed E-state index contributed by atoms with van der Waals surface area (Å²) in [4.78, 5) is 10.1. The Kier molecular flexibility index (Phi) is 8.67. The van der Waals surface area contributed by atoms with Crippen LogP contribution >= 0.6 is 0 Å². The Morgan fingerprint density at radius 2 is 2.08 bits per heavy atom. The molecule has 69 valence electrons. The average Bonchev–Trinajstić information content (AvgIpc) is 2.11. The molecule has 12 heavy (non-hydrogen) atoms. The molecule has 1 rings (SSSR count). The first-order valence-corrected chi connectivity index (χ1v) is 4.49. The Morgan fingerprint density at radius 1 is 1.67 bits per heavy atom. The minimum absolute atomic E-state index is 0. The van der Waals surface area contributed by atoms with Gasteiger partial charge in [0.2, 0.25) is 5.91 Å². The van der Waals surface area contributed by atoms with Gasteiger partial charge in [-0.1, -0.05) is 13.5 Å². The maximum Gasteiger partial charge on any atom is 0.212 e. The number of amides is 1. The minimum Gasteiger partial charge on any atom is -0.523 e. The van der Waals surface area contributed by atoms with Crippen molar-refractivity contribution in [1.82, 2.24) is 4.72 Å². The van der Waals surface area contributed by atoms with Crippen molar-refractivity contribution in [2.24, 2.45) is 0 Å². The van der Waals surface area contributed by atoms with Gasteiger partial charge in [-0.15, -0.1) is 0 Å². The van der Waals surface area contributed by atoms with Crippen LogP contribution in [-0.2, 0) is 47.7 Å². The number of hydrogen-bond acceptors (Lipinski definition) is 3. The molecule has 0 spiro atoms. The number of carbonyl (C=O) groups excluding carboxylic acids is 1. The quantitative estimate of drug-likeness (QED) is 0.626. The van der Waals surface area contributed by atoms with Crippen molar-refractivity contribution >= 4 is 16.1 Å². The Bertz CT molecular complexity index is 227. The fraction of sp³-hybridized carbons (Fsp3) is 0.600. The van der Waals surface area contributed by atoms with Crippen molar-refractivity contribution in [2.75, 3.05) is 6.54 Å². The summed E-state index contributed by atoms with van der Waals surface area (Å²) >= 11 is 0. The molecule has 0 aromatic rings. The van der Waals surface area contributed by atoms with E-state index >= 15 is 0 Å². The zero-order valence-electron chi connectivity index (χ0n) is 6.78. The second-order valence-electron chi connectivity index (χ2n) is 1.79. The molecule has 1 amide bonds. The fourth-order valence-electron chi connectivity index (χ4n) is 0.352. The van der Waals surface area contributed by atoms with E-state index in [2.05, 4.69) is 11.6 Å². The molecule has 0 atom stereocenters. The zero-order chi connectivity index (χ0) is 8.91. The number of nitrogens with one attached hydrogen (secondary N) is 1. The van der Waals surface area contributed by atoms with Crippen LogP contribution in [0.25, 0.3) is 4.72 Å².